The van der Waals surface area contributed by atoms with Gasteiger partial charge in [0.15, 0.2) is 0 Å². The summed E-state index contributed by atoms with van der Waals surface area (Å²) in [6, 6.07) is 12.8. The fourth-order valence-electron chi connectivity index (χ4n) is 1.85. The summed E-state index contributed by atoms with van der Waals surface area (Å²) in [6.45, 7) is 0. The zero-order valence-electron chi connectivity index (χ0n) is 10.2. The molecule has 5 heteroatoms. The van der Waals surface area contributed by atoms with Crippen LogP contribution in [0.2, 0.25) is 0 Å². The van der Waals surface area contributed by atoms with Crippen LogP contribution in [0.4, 0.5) is 4.79 Å². The van der Waals surface area contributed by atoms with Gasteiger partial charge in [-0.25, -0.2) is 4.79 Å². The van der Waals surface area contributed by atoms with Gasteiger partial charge in [0.25, 0.3) is 0 Å². The van der Waals surface area contributed by atoms with Gasteiger partial charge in [-0.05, 0) is 29.8 Å². The number of nitrogens with two attached hydrogens (primary N) is 1. The summed E-state index contributed by atoms with van der Waals surface area (Å²) < 4.78 is 0.993. The van der Waals surface area contributed by atoms with Gasteiger partial charge in [0.05, 0.1) is 6.04 Å². The van der Waals surface area contributed by atoms with Crippen LogP contribution in [0.25, 0.3) is 0 Å². The number of primary amides is 1. The molecule has 98 valence electrons. The van der Waals surface area contributed by atoms with Crippen molar-refractivity contribution in [3.8, 4) is 0 Å². The van der Waals surface area contributed by atoms with Crippen LogP contribution in [-0.4, -0.2) is 11.0 Å². The molecule has 2 rings (SSSR count). The first kappa shape index (κ1) is 13.5. The fraction of sp³-hybridized carbons (Fsp3) is 0.143. The molecule has 2 amide bonds. The van der Waals surface area contributed by atoms with Crippen LogP contribution >= 0.6 is 15.9 Å². The first-order valence-corrected chi connectivity index (χ1v) is 6.66. The number of hydrogen-bond donors (Lipinski definition) is 2. The van der Waals surface area contributed by atoms with E-state index in [2.05, 4.69) is 26.2 Å². The van der Waals surface area contributed by atoms with Crippen LogP contribution in [0, 0.1) is 0 Å². The molecule has 1 atom stereocenters. The Morgan fingerprint density at radius 1 is 1.26 bits per heavy atom. The summed E-state index contributed by atoms with van der Waals surface area (Å²) in [6.07, 6.45) is 2.34. The topological polar surface area (TPSA) is 68.0 Å². The van der Waals surface area contributed by atoms with Gasteiger partial charge in [-0.3, -0.25) is 4.98 Å². The molecule has 0 aliphatic carbocycles. The van der Waals surface area contributed by atoms with Gasteiger partial charge in [0.2, 0.25) is 0 Å². The number of carbonyl (C=O) groups is 1. The van der Waals surface area contributed by atoms with Gasteiger partial charge in [-0.1, -0.05) is 34.1 Å². The zero-order chi connectivity index (χ0) is 13.7. The number of nitrogens with zero attached hydrogens (tertiary/aromatic N) is 1. The lowest BCUT2D eigenvalue weighted by atomic mass is 10.0. The zero-order valence-corrected chi connectivity index (χ0v) is 11.8. The predicted octanol–water partition coefficient (Wildman–Crippen LogP) is 2.80. The minimum Gasteiger partial charge on any atom is -0.352 e. The number of rotatable bonds is 4. The number of aromatic nitrogens is 1. The molecule has 0 radical (unpaired) electrons. The van der Waals surface area contributed by atoms with E-state index in [1.54, 1.807) is 6.20 Å². The van der Waals surface area contributed by atoms with Crippen molar-refractivity contribution < 1.29 is 4.79 Å². The van der Waals surface area contributed by atoms with Crippen molar-refractivity contribution in [3.05, 3.63) is 64.4 Å². The second-order valence-corrected chi connectivity index (χ2v) is 5.05. The monoisotopic (exact) mass is 319 g/mol. The number of carbonyl (C=O) groups excluding carboxylic acids is 1. The van der Waals surface area contributed by atoms with E-state index in [9.17, 15) is 4.79 Å². The average Bonchev–Trinajstić information content (AvgIpc) is 2.39. The molecule has 1 aromatic heterocycles. The third kappa shape index (κ3) is 4.06. The van der Waals surface area contributed by atoms with E-state index in [1.807, 2.05) is 42.5 Å². The maximum absolute atomic E-state index is 11.1. The lowest BCUT2D eigenvalue weighted by Gasteiger charge is -2.17. The maximum atomic E-state index is 11.1. The summed E-state index contributed by atoms with van der Waals surface area (Å²) >= 11 is 3.39. The minimum atomic E-state index is -0.538. The number of hydrogen-bond acceptors (Lipinski definition) is 2. The maximum Gasteiger partial charge on any atom is 0.312 e. The highest BCUT2D eigenvalue weighted by Crippen LogP contribution is 2.20. The van der Waals surface area contributed by atoms with Gasteiger partial charge in [-0.15, -0.1) is 0 Å². The molecule has 0 bridgehead atoms. The summed E-state index contributed by atoms with van der Waals surface area (Å²) in [4.78, 5) is 15.4. The Bertz CT molecular complexity index is 542. The largest absolute Gasteiger partial charge is 0.352 e. The summed E-state index contributed by atoms with van der Waals surface area (Å²) in [5.41, 5.74) is 7.13. The Morgan fingerprint density at radius 2 is 2.00 bits per heavy atom. The lowest BCUT2D eigenvalue weighted by molar-refractivity contribution is 0.245. The molecule has 0 fully saturated rings. The van der Waals surface area contributed by atoms with Gasteiger partial charge in [-0.2, -0.15) is 0 Å². The fourth-order valence-corrected chi connectivity index (χ4v) is 2.11. The Kier molecular flexibility index (Phi) is 4.52. The van der Waals surface area contributed by atoms with Crippen LogP contribution in [0.5, 0.6) is 0 Å². The molecule has 19 heavy (non-hydrogen) atoms. The van der Waals surface area contributed by atoms with E-state index in [0.29, 0.717) is 6.42 Å². The predicted molar refractivity (Wildman–Crippen MR) is 77.5 cm³/mol. The molecule has 1 aromatic carbocycles. The van der Waals surface area contributed by atoms with E-state index in [-0.39, 0.29) is 6.04 Å². The van der Waals surface area contributed by atoms with E-state index in [4.69, 9.17) is 5.73 Å². The van der Waals surface area contributed by atoms with E-state index < -0.39 is 6.03 Å². The summed E-state index contributed by atoms with van der Waals surface area (Å²) in [5.74, 6) is 0. The molecule has 2 aromatic rings. The average molecular weight is 320 g/mol. The number of nitrogens with one attached hydrogen (secondary N) is 1. The summed E-state index contributed by atoms with van der Waals surface area (Å²) in [7, 11) is 0. The van der Waals surface area contributed by atoms with Crippen molar-refractivity contribution in [1.82, 2.24) is 10.3 Å². The van der Waals surface area contributed by atoms with Crippen LogP contribution in [0.1, 0.15) is 17.3 Å². The lowest BCUT2D eigenvalue weighted by Crippen LogP contribution is -2.34. The highest BCUT2D eigenvalue weighted by Gasteiger charge is 2.14. The number of amides is 2. The molecule has 0 aliphatic heterocycles. The van der Waals surface area contributed by atoms with E-state index >= 15 is 0 Å². The van der Waals surface area contributed by atoms with Gasteiger partial charge >= 0.3 is 6.03 Å². The van der Waals surface area contributed by atoms with Crippen LogP contribution < -0.4 is 11.1 Å². The van der Waals surface area contributed by atoms with Crippen LogP contribution in [0.15, 0.2) is 53.1 Å². The quantitative estimate of drug-likeness (QED) is 0.909. The number of halogens is 1. The van der Waals surface area contributed by atoms with Crippen molar-refractivity contribution in [2.75, 3.05) is 0 Å². The normalized spacial score (nSPS) is 11.8. The minimum absolute atomic E-state index is 0.180. The molecular formula is C14H14BrN3O. The van der Waals surface area contributed by atoms with Crippen molar-refractivity contribution >= 4 is 22.0 Å². The standard InChI is InChI=1S/C14H14BrN3O/c15-11-6-4-10(5-7-11)13(18-14(16)19)9-12-3-1-2-8-17-12/h1-8,13H,9H2,(H3,16,18,19)/t13-/m1/s1. The third-order valence-electron chi connectivity index (χ3n) is 2.73. The van der Waals surface area contributed by atoms with Crippen molar-refractivity contribution in [3.63, 3.8) is 0 Å². The highest BCUT2D eigenvalue weighted by atomic mass is 79.9. The van der Waals surface area contributed by atoms with Gasteiger partial charge in [0.1, 0.15) is 0 Å². The van der Waals surface area contributed by atoms with Crippen molar-refractivity contribution in [2.24, 2.45) is 5.73 Å². The Labute approximate surface area is 120 Å². The Hall–Kier alpha value is -1.88. The molecule has 3 N–H and O–H groups in total. The highest BCUT2D eigenvalue weighted by molar-refractivity contribution is 9.10. The van der Waals surface area contributed by atoms with E-state index in [0.717, 1.165) is 15.7 Å². The second kappa shape index (κ2) is 6.33. The van der Waals surface area contributed by atoms with Crippen molar-refractivity contribution in [1.29, 1.82) is 0 Å². The molecule has 1 heterocycles. The molecule has 4 nitrogen and oxygen atoms in total. The van der Waals surface area contributed by atoms with Gasteiger partial charge < -0.3 is 11.1 Å². The molecule has 0 saturated carbocycles. The number of urea groups is 1. The molecule has 0 aliphatic rings. The van der Waals surface area contributed by atoms with Crippen LogP contribution in [0.3, 0.4) is 0 Å². The Morgan fingerprint density at radius 3 is 2.58 bits per heavy atom. The van der Waals surface area contributed by atoms with Crippen LogP contribution in [-0.2, 0) is 6.42 Å². The number of benzene rings is 1. The van der Waals surface area contributed by atoms with Gasteiger partial charge in [0, 0.05) is 22.8 Å². The Balaban J connectivity index is 2.20. The summed E-state index contributed by atoms with van der Waals surface area (Å²) in [5, 5.41) is 2.75. The molecule has 0 unspecified atom stereocenters. The molecule has 0 saturated heterocycles. The first-order valence-electron chi connectivity index (χ1n) is 5.86. The smallest absolute Gasteiger partial charge is 0.312 e. The second-order valence-electron chi connectivity index (χ2n) is 4.14. The number of pyridine rings is 1. The SMILES string of the molecule is NC(=O)N[C@H](Cc1ccccn1)c1ccc(Br)cc1. The van der Waals surface area contributed by atoms with Crippen molar-refractivity contribution in [2.45, 2.75) is 12.5 Å². The first-order chi connectivity index (χ1) is 9.15. The molecule has 0 spiro atoms. The molecular weight excluding hydrogens is 306 g/mol. The van der Waals surface area contributed by atoms with E-state index in [1.165, 1.54) is 0 Å². The third-order valence-corrected chi connectivity index (χ3v) is 3.26.